The SMILES string of the molecule is CC(=O)OC1C(SCCN2C(=O)CCC2=O)OC(CO[Si](c2ccccc2)(c2ccccc2)C(C)(C)C)C(C)C1C. The summed E-state index contributed by atoms with van der Waals surface area (Å²) in [6, 6.07) is 21.1. The van der Waals surface area contributed by atoms with Crippen molar-refractivity contribution >= 4 is 48.2 Å². The Hall–Kier alpha value is -2.46. The van der Waals surface area contributed by atoms with Crippen LogP contribution >= 0.6 is 11.8 Å². The van der Waals surface area contributed by atoms with Gasteiger partial charge in [-0.25, -0.2) is 0 Å². The maximum atomic E-state index is 12.1. The summed E-state index contributed by atoms with van der Waals surface area (Å²) in [5.41, 5.74) is -0.439. The lowest BCUT2D eigenvalue weighted by atomic mass is 9.84. The minimum Gasteiger partial charge on any atom is -0.459 e. The number of carbonyl (C=O) groups is 3. The number of nitrogens with zero attached hydrogens (tertiary/aromatic N) is 1. The first kappa shape index (κ1) is 31.5. The van der Waals surface area contributed by atoms with Crippen molar-refractivity contribution in [1.29, 1.82) is 0 Å². The molecule has 2 aliphatic rings. The van der Waals surface area contributed by atoms with Crippen LogP contribution in [0.2, 0.25) is 5.04 Å². The van der Waals surface area contributed by atoms with Crippen LogP contribution in [0.4, 0.5) is 0 Å². The smallest absolute Gasteiger partial charge is 0.303 e. The van der Waals surface area contributed by atoms with E-state index in [0.29, 0.717) is 18.9 Å². The monoisotopic (exact) mass is 597 g/mol. The highest BCUT2D eigenvalue weighted by atomic mass is 32.2. The fourth-order valence-corrected chi connectivity index (χ4v) is 11.8. The molecule has 2 aromatic carbocycles. The molecular formula is C32H43NO6SSi. The summed E-state index contributed by atoms with van der Waals surface area (Å²) >= 11 is 1.49. The van der Waals surface area contributed by atoms with Crippen LogP contribution in [0.15, 0.2) is 60.7 Å². The van der Waals surface area contributed by atoms with Crippen LogP contribution in [-0.2, 0) is 28.3 Å². The molecular weight excluding hydrogens is 555 g/mol. The third-order valence-corrected chi connectivity index (χ3v) is 14.6. The molecule has 2 saturated heterocycles. The standard InChI is InChI=1S/C32H43NO6SSi/c1-22-23(2)30(38-24(3)34)31(40-20-19-33-28(35)17-18-29(33)36)39-27(22)21-37-41(32(4,5)6,25-13-9-7-10-14-25)26-15-11-8-12-16-26/h7-16,22-23,27,30-31H,17-21H2,1-6H3. The second-order valence-electron chi connectivity index (χ2n) is 12.1. The fourth-order valence-electron chi connectivity index (χ4n) is 6.04. The average molecular weight is 598 g/mol. The summed E-state index contributed by atoms with van der Waals surface area (Å²) in [5, 5.41) is 2.25. The zero-order valence-corrected chi connectivity index (χ0v) is 26.8. The molecule has 0 N–H and O–H groups in total. The van der Waals surface area contributed by atoms with Gasteiger partial charge < -0.3 is 13.9 Å². The highest BCUT2D eigenvalue weighted by molar-refractivity contribution is 7.99. The van der Waals surface area contributed by atoms with Crippen molar-refractivity contribution < 1.29 is 28.3 Å². The van der Waals surface area contributed by atoms with E-state index in [1.807, 2.05) is 12.1 Å². The number of imide groups is 1. The molecule has 5 atom stereocenters. The van der Waals surface area contributed by atoms with E-state index in [9.17, 15) is 14.4 Å². The van der Waals surface area contributed by atoms with Gasteiger partial charge in [-0.3, -0.25) is 19.3 Å². The number of likely N-dealkylation sites (tertiary alicyclic amines) is 1. The van der Waals surface area contributed by atoms with E-state index in [1.54, 1.807) is 0 Å². The Morgan fingerprint density at radius 2 is 1.49 bits per heavy atom. The lowest BCUT2D eigenvalue weighted by Crippen LogP contribution is -2.67. The number of ether oxygens (including phenoxy) is 2. The molecule has 5 unspecified atom stereocenters. The van der Waals surface area contributed by atoms with Crippen molar-refractivity contribution in [2.75, 3.05) is 18.9 Å². The average Bonchev–Trinajstić information content (AvgIpc) is 3.26. The van der Waals surface area contributed by atoms with Crippen LogP contribution in [0.25, 0.3) is 0 Å². The van der Waals surface area contributed by atoms with E-state index in [-0.39, 0.29) is 53.6 Å². The van der Waals surface area contributed by atoms with Crippen molar-refractivity contribution in [3.05, 3.63) is 60.7 Å². The molecule has 0 saturated carbocycles. The number of amides is 2. The molecule has 7 nitrogen and oxygen atoms in total. The third-order valence-electron chi connectivity index (χ3n) is 8.45. The Morgan fingerprint density at radius 3 is 1.98 bits per heavy atom. The predicted molar refractivity (Wildman–Crippen MR) is 165 cm³/mol. The summed E-state index contributed by atoms with van der Waals surface area (Å²) in [6.45, 7) is 13.1. The summed E-state index contributed by atoms with van der Waals surface area (Å²) in [7, 11) is -2.76. The number of benzene rings is 2. The number of rotatable bonds is 10. The van der Waals surface area contributed by atoms with Crippen molar-refractivity contribution in [3.63, 3.8) is 0 Å². The van der Waals surface area contributed by atoms with Gasteiger partial charge in [0.1, 0.15) is 11.5 Å². The van der Waals surface area contributed by atoms with E-state index >= 15 is 0 Å². The van der Waals surface area contributed by atoms with Crippen LogP contribution in [-0.4, -0.2) is 67.5 Å². The highest BCUT2D eigenvalue weighted by Crippen LogP contribution is 2.40. The summed E-state index contributed by atoms with van der Waals surface area (Å²) in [4.78, 5) is 37.6. The normalized spacial score (nSPS) is 25.4. The molecule has 2 aromatic rings. The first-order valence-corrected chi connectivity index (χ1v) is 17.4. The molecule has 222 valence electrons. The van der Waals surface area contributed by atoms with Gasteiger partial charge in [-0.05, 0) is 21.3 Å². The first-order chi connectivity index (χ1) is 19.5. The molecule has 2 fully saturated rings. The van der Waals surface area contributed by atoms with Gasteiger partial charge in [-0.1, -0.05) is 95.3 Å². The Bertz CT molecular complexity index is 1150. The van der Waals surface area contributed by atoms with Crippen molar-refractivity contribution in [2.24, 2.45) is 11.8 Å². The molecule has 2 aliphatic heterocycles. The summed E-state index contributed by atoms with van der Waals surface area (Å²) in [5.74, 6) is -0.0201. The largest absolute Gasteiger partial charge is 0.459 e. The van der Waals surface area contributed by atoms with Gasteiger partial charge in [-0.2, -0.15) is 0 Å². The van der Waals surface area contributed by atoms with Gasteiger partial charge in [0.15, 0.2) is 0 Å². The highest BCUT2D eigenvalue weighted by Gasteiger charge is 2.52. The third kappa shape index (κ3) is 6.79. The van der Waals surface area contributed by atoms with Crippen molar-refractivity contribution in [1.82, 2.24) is 4.90 Å². The minimum atomic E-state index is -2.76. The maximum Gasteiger partial charge on any atom is 0.303 e. The van der Waals surface area contributed by atoms with Gasteiger partial charge in [0.2, 0.25) is 11.8 Å². The molecule has 4 rings (SSSR count). The molecule has 2 amide bonds. The Kier molecular flexibility index (Phi) is 10.2. The van der Waals surface area contributed by atoms with E-state index in [4.69, 9.17) is 13.9 Å². The molecule has 0 spiro atoms. The van der Waals surface area contributed by atoms with E-state index in [1.165, 1.54) is 34.0 Å². The summed E-state index contributed by atoms with van der Waals surface area (Å²) in [6.07, 6.45) is -0.126. The van der Waals surface area contributed by atoms with Gasteiger partial charge in [0, 0.05) is 38.0 Å². The van der Waals surface area contributed by atoms with Gasteiger partial charge in [0.25, 0.3) is 8.32 Å². The zero-order valence-electron chi connectivity index (χ0n) is 25.0. The predicted octanol–water partition coefficient (Wildman–Crippen LogP) is 4.37. The summed E-state index contributed by atoms with van der Waals surface area (Å²) < 4.78 is 19.7. The molecule has 0 aliphatic carbocycles. The second-order valence-corrected chi connectivity index (χ2v) is 17.6. The molecule has 0 radical (unpaired) electrons. The van der Waals surface area contributed by atoms with Gasteiger partial charge in [0.05, 0.1) is 12.7 Å². The lowest BCUT2D eigenvalue weighted by Gasteiger charge is -2.47. The van der Waals surface area contributed by atoms with Crippen molar-refractivity contribution in [3.8, 4) is 0 Å². The quantitative estimate of drug-likeness (QED) is 0.229. The molecule has 41 heavy (non-hydrogen) atoms. The lowest BCUT2D eigenvalue weighted by molar-refractivity contribution is -0.179. The maximum absolute atomic E-state index is 12.1. The van der Waals surface area contributed by atoms with E-state index in [2.05, 4.69) is 83.1 Å². The van der Waals surface area contributed by atoms with E-state index in [0.717, 1.165) is 0 Å². The number of esters is 1. The van der Waals surface area contributed by atoms with Crippen LogP contribution in [0.5, 0.6) is 0 Å². The molecule has 0 aromatic heterocycles. The van der Waals surface area contributed by atoms with Crippen LogP contribution in [0, 0.1) is 11.8 Å². The van der Waals surface area contributed by atoms with Gasteiger partial charge in [-0.15, -0.1) is 11.8 Å². The Labute approximate surface area is 249 Å². The zero-order chi connectivity index (χ0) is 29.8. The van der Waals surface area contributed by atoms with Gasteiger partial charge >= 0.3 is 5.97 Å². The Morgan fingerprint density at radius 1 is 0.951 bits per heavy atom. The number of hydrogen-bond donors (Lipinski definition) is 0. The minimum absolute atomic E-state index is 0.0213. The molecule has 2 heterocycles. The first-order valence-electron chi connectivity index (χ1n) is 14.5. The molecule has 9 heteroatoms. The van der Waals surface area contributed by atoms with Crippen molar-refractivity contribution in [2.45, 2.75) is 77.1 Å². The Balaban J connectivity index is 1.58. The van der Waals surface area contributed by atoms with Crippen LogP contribution < -0.4 is 10.4 Å². The number of thioether (sulfide) groups is 1. The molecule has 0 bridgehead atoms. The second kappa shape index (κ2) is 13.2. The van der Waals surface area contributed by atoms with Crippen LogP contribution in [0.3, 0.4) is 0 Å². The number of carbonyl (C=O) groups excluding carboxylic acids is 3. The topological polar surface area (TPSA) is 82.1 Å². The fraction of sp³-hybridized carbons (Fsp3) is 0.531. The van der Waals surface area contributed by atoms with E-state index < -0.39 is 19.9 Å². The number of hydrogen-bond acceptors (Lipinski definition) is 7. The van der Waals surface area contributed by atoms with Crippen LogP contribution in [0.1, 0.15) is 54.4 Å².